The predicted molar refractivity (Wildman–Crippen MR) is 93.0 cm³/mol. The lowest BCUT2D eigenvalue weighted by Gasteiger charge is -2.35. The van der Waals surface area contributed by atoms with Crippen LogP contribution in [0.15, 0.2) is 35.0 Å². The van der Waals surface area contributed by atoms with E-state index >= 15 is 0 Å². The van der Waals surface area contributed by atoms with Gasteiger partial charge in [0.15, 0.2) is 0 Å². The number of para-hydroxylation sites is 1. The quantitative estimate of drug-likeness (QED) is 0.738. The third-order valence-corrected chi connectivity index (χ3v) is 4.63. The van der Waals surface area contributed by atoms with E-state index in [-0.39, 0.29) is 0 Å². The van der Waals surface area contributed by atoms with E-state index in [9.17, 15) is 0 Å². The Balaban J connectivity index is 1.45. The minimum absolute atomic E-state index is 0.771. The van der Waals surface area contributed by atoms with Gasteiger partial charge in [0.2, 0.25) is 5.89 Å². The molecule has 124 valence electrons. The third kappa shape index (κ3) is 2.85. The van der Waals surface area contributed by atoms with Gasteiger partial charge in [-0.3, -0.25) is 4.90 Å². The third-order valence-electron chi connectivity index (χ3n) is 4.63. The van der Waals surface area contributed by atoms with Crippen LogP contribution < -0.4 is 4.90 Å². The van der Waals surface area contributed by atoms with Gasteiger partial charge in [-0.15, -0.1) is 0 Å². The summed E-state index contributed by atoms with van der Waals surface area (Å²) < 4.78 is 5.70. The number of aryl methyl sites for hydroxylation is 2. The van der Waals surface area contributed by atoms with Crippen molar-refractivity contribution in [1.29, 1.82) is 0 Å². The first-order chi connectivity index (χ1) is 11.7. The summed E-state index contributed by atoms with van der Waals surface area (Å²) >= 11 is 0. The lowest BCUT2D eigenvalue weighted by molar-refractivity contribution is 0.224. The van der Waals surface area contributed by atoms with Crippen molar-refractivity contribution in [3.8, 4) is 0 Å². The van der Waals surface area contributed by atoms with Crippen LogP contribution in [0.25, 0.3) is 10.9 Å². The summed E-state index contributed by atoms with van der Waals surface area (Å²) in [5.74, 6) is 2.75. The maximum absolute atomic E-state index is 5.70. The number of anilines is 1. The Hall–Kier alpha value is -2.47. The van der Waals surface area contributed by atoms with Crippen LogP contribution in [-0.4, -0.2) is 46.0 Å². The fraction of sp³-hybridized carbons (Fsp3) is 0.389. The minimum Gasteiger partial charge on any atom is -0.444 e. The molecule has 6 heteroatoms. The summed E-state index contributed by atoms with van der Waals surface area (Å²) in [5, 5.41) is 1.12. The van der Waals surface area contributed by atoms with Crippen molar-refractivity contribution in [2.45, 2.75) is 20.4 Å². The Kier molecular flexibility index (Phi) is 3.90. The molecule has 0 amide bonds. The van der Waals surface area contributed by atoms with Gasteiger partial charge in [-0.05, 0) is 26.0 Å². The van der Waals surface area contributed by atoms with Crippen LogP contribution in [0.1, 0.15) is 17.3 Å². The van der Waals surface area contributed by atoms with Crippen LogP contribution in [0.4, 0.5) is 5.82 Å². The molecule has 4 rings (SSSR count). The average molecular weight is 323 g/mol. The van der Waals surface area contributed by atoms with Crippen molar-refractivity contribution in [2.24, 2.45) is 0 Å². The highest BCUT2D eigenvalue weighted by Gasteiger charge is 2.21. The Morgan fingerprint density at radius 3 is 2.58 bits per heavy atom. The van der Waals surface area contributed by atoms with E-state index in [4.69, 9.17) is 4.42 Å². The van der Waals surface area contributed by atoms with Crippen molar-refractivity contribution < 1.29 is 4.42 Å². The van der Waals surface area contributed by atoms with E-state index in [1.807, 2.05) is 32.0 Å². The molecule has 0 bridgehead atoms. The molecule has 0 spiro atoms. The molecule has 3 aromatic rings. The first-order valence-electron chi connectivity index (χ1n) is 8.30. The smallest absolute Gasteiger partial charge is 0.208 e. The summed E-state index contributed by atoms with van der Waals surface area (Å²) in [4.78, 5) is 18.1. The topological polar surface area (TPSA) is 58.3 Å². The second kappa shape index (κ2) is 6.20. The zero-order valence-electron chi connectivity index (χ0n) is 14.1. The zero-order chi connectivity index (χ0) is 16.5. The summed E-state index contributed by atoms with van der Waals surface area (Å²) in [5.41, 5.74) is 1.98. The standard InChI is InChI=1S/C18H21N5O/c1-13-14(2)24-17(21-13)11-22-7-9-23(10-8-22)18-15-5-3-4-6-16(15)19-12-20-18/h3-6,12H,7-11H2,1-2H3. The molecule has 0 unspecified atom stereocenters. The molecule has 0 atom stereocenters. The van der Waals surface area contributed by atoms with E-state index < -0.39 is 0 Å². The molecule has 3 heterocycles. The van der Waals surface area contributed by atoms with Gasteiger partial charge in [0.1, 0.15) is 17.9 Å². The highest BCUT2D eigenvalue weighted by atomic mass is 16.4. The van der Waals surface area contributed by atoms with Crippen molar-refractivity contribution >= 4 is 16.7 Å². The Labute approximate surface area is 141 Å². The normalized spacial score (nSPS) is 16.0. The van der Waals surface area contributed by atoms with Gasteiger partial charge < -0.3 is 9.32 Å². The number of benzene rings is 1. The predicted octanol–water partition coefficient (Wildman–Crippen LogP) is 2.56. The first-order valence-corrected chi connectivity index (χ1v) is 8.30. The summed E-state index contributed by atoms with van der Waals surface area (Å²) in [6, 6.07) is 8.18. The van der Waals surface area contributed by atoms with Gasteiger partial charge in [-0.2, -0.15) is 0 Å². The average Bonchev–Trinajstić information content (AvgIpc) is 2.92. The fourth-order valence-electron chi connectivity index (χ4n) is 3.16. The number of hydrogen-bond acceptors (Lipinski definition) is 6. The SMILES string of the molecule is Cc1nc(CN2CCN(c3ncnc4ccccc34)CC2)oc1C. The molecular weight excluding hydrogens is 302 g/mol. The van der Waals surface area contributed by atoms with Crippen molar-refractivity contribution in [3.05, 3.63) is 47.9 Å². The molecule has 0 N–H and O–H groups in total. The van der Waals surface area contributed by atoms with Crippen LogP contribution in [-0.2, 0) is 6.54 Å². The number of piperazine rings is 1. The molecule has 1 aliphatic rings. The Morgan fingerprint density at radius 1 is 1.04 bits per heavy atom. The van der Waals surface area contributed by atoms with Crippen LogP contribution in [0.2, 0.25) is 0 Å². The fourth-order valence-corrected chi connectivity index (χ4v) is 3.16. The zero-order valence-corrected chi connectivity index (χ0v) is 14.1. The van der Waals surface area contributed by atoms with E-state index in [1.165, 1.54) is 0 Å². The molecule has 1 aromatic carbocycles. The highest BCUT2D eigenvalue weighted by molar-refractivity contribution is 5.89. The number of hydrogen-bond donors (Lipinski definition) is 0. The largest absolute Gasteiger partial charge is 0.444 e. The van der Waals surface area contributed by atoms with E-state index in [1.54, 1.807) is 6.33 Å². The van der Waals surface area contributed by atoms with Crippen molar-refractivity contribution in [3.63, 3.8) is 0 Å². The summed E-state index contributed by atoms with van der Waals surface area (Å²) in [6.45, 7) is 8.55. The molecule has 0 radical (unpaired) electrons. The molecule has 2 aromatic heterocycles. The lowest BCUT2D eigenvalue weighted by atomic mass is 10.2. The van der Waals surface area contributed by atoms with E-state index in [0.717, 1.165) is 66.8 Å². The van der Waals surface area contributed by atoms with E-state index in [0.29, 0.717) is 0 Å². The van der Waals surface area contributed by atoms with Gasteiger partial charge in [0, 0.05) is 31.6 Å². The van der Waals surface area contributed by atoms with Crippen molar-refractivity contribution in [1.82, 2.24) is 19.9 Å². The van der Waals surface area contributed by atoms with Crippen LogP contribution in [0.3, 0.4) is 0 Å². The lowest BCUT2D eigenvalue weighted by Crippen LogP contribution is -2.46. The molecule has 0 aliphatic carbocycles. The molecule has 1 aliphatic heterocycles. The van der Waals surface area contributed by atoms with Gasteiger partial charge in [0.25, 0.3) is 0 Å². The first kappa shape index (κ1) is 15.1. The molecule has 24 heavy (non-hydrogen) atoms. The Bertz CT molecular complexity index is 827. The maximum Gasteiger partial charge on any atom is 0.208 e. The maximum atomic E-state index is 5.70. The second-order valence-electron chi connectivity index (χ2n) is 6.23. The Morgan fingerprint density at radius 2 is 1.83 bits per heavy atom. The second-order valence-corrected chi connectivity index (χ2v) is 6.23. The van der Waals surface area contributed by atoms with Crippen LogP contribution in [0.5, 0.6) is 0 Å². The summed E-state index contributed by atoms with van der Waals surface area (Å²) in [7, 11) is 0. The van der Waals surface area contributed by atoms with Gasteiger partial charge in [0.05, 0.1) is 17.8 Å². The molecular formula is C18H21N5O. The molecule has 1 fully saturated rings. The van der Waals surface area contributed by atoms with Crippen LogP contribution in [0, 0.1) is 13.8 Å². The monoisotopic (exact) mass is 323 g/mol. The van der Waals surface area contributed by atoms with Gasteiger partial charge in [-0.25, -0.2) is 15.0 Å². The number of nitrogens with zero attached hydrogens (tertiary/aromatic N) is 5. The summed E-state index contributed by atoms with van der Waals surface area (Å²) in [6.07, 6.45) is 1.66. The number of fused-ring (bicyclic) bond motifs is 1. The number of rotatable bonds is 3. The van der Waals surface area contributed by atoms with E-state index in [2.05, 4.69) is 30.8 Å². The molecule has 6 nitrogen and oxygen atoms in total. The number of aromatic nitrogens is 3. The van der Waals surface area contributed by atoms with Gasteiger partial charge in [-0.1, -0.05) is 12.1 Å². The highest BCUT2D eigenvalue weighted by Crippen LogP contribution is 2.23. The minimum atomic E-state index is 0.771. The van der Waals surface area contributed by atoms with Crippen LogP contribution >= 0.6 is 0 Å². The molecule has 1 saturated heterocycles. The van der Waals surface area contributed by atoms with Gasteiger partial charge >= 0.3 is 0 Å². The molecule has 0 saturated carbocycles. The van der Waals surface area contributed by atoms with Crippen molar-refractivity contribution in [2.75, 3.05) is 31.1 Å². The number of oxazole rings is 1.